The van der Waals surface area contributed by atoms with Crippen LogP contribution in [0.25, 0.3) is 22.2 Å². The highest BCUT2D eigenvalue weighted by Gasteiger charge is 2.34. The van der Waals surface area contributed by atoms with E-state index in [2.05, 4.69) is 15.0 Å². The molecule has 142 valence electrons. The molecule has 3 aromatic rings. The van der Waals surface area contributed by atoms with Gasteiger partial charge in [0.05, 0.1) is 7.11 Å². The Morgan fingerprint density at radius 3 is 1.93 bits per heavy atom. The molecule has 0 unspecified atom stereocenters. The molecule has 0 amide bonds. The molecular weight excluding hydrogens is 479 g/mol. The molecule has 3 rings (SSSR count). The van der Waals surface area contributed by atoms with E-state index in [-0.39, 0.29) is 23.2 Å². The molecule has 27 heavy (non-hydrogen) atoms. The van der Waals surface area contributed by atoms with E-state index < -0.39 is 7.59 Å². The third-order valence-corrected chi connectivity index (χ3v) is 4.58. The van der Waals surface area contributed by atoms with E-state index in [9.17, 15) is 5.11 Å². The van der Waals surface area contributed by atoms with Crippen LogP contribution < -0.4 is 4.74 Å². The number of hydrogen-bond donors (Lipinski definition) is 1. The monoisotopic (exact) mass is 485 g/mol. The summed E-state index contributed by atoms with van der Waals surface area (Å²) in [4.78, 5) is 12.4. The number of halogens is 6. The molecule has 0 saturated heterocycles. The molecule has 0 bridgehead atoms. The Bertz CT molecular complexity index is 985. The molecule has 11 heteroatoms. The lowest BCUT2D eigenvalue weighted by Crippen LogP contribution is -2.16. The van der Waals surface area contributed by atoms with Crippen molar-refractivity contribution in [3.63, 3.8) is 0 Å². The number of methoxy groups -OCH3 is 1. The van der Waals surface area contributed by atoms with Crippen molar-refractivity contribution in [2.45, 2.75) is 7.59 Å². The van der Waals surface area contributed by atoms with E-state index in [1.165, 1.54) is 13.2 Å². The maximum atomic E-state index is 9.81. The molecule has 0 saturated carbocycles. The fourth-order valence-electron chi connectivity index (χ4n) is 2.43. The van der Waals surface area contributed by atoms with Gasteiger partial charge < -0.3 is 9.84 Å². The zero-order valence-corrected chi connectivity index (χ0v) is 17.9. The minimum atomic E-state index is -1.96. The lowest BCUT2D eigenvalue weighted by atomic mass is 10.0. The quantitative estimate of drug-likeness (QED) is 0.445. The summed E-state index contributed by atoms with van der Waals surface area (Å²) < 4.78 is 1.43. The summed E-state index contributed by atoms with van der Waals surface area (Å²) in [6.07, 6.45) is 0. The molecule has 0 spiro atoms. The van der Waals surface area contributed by atoms with Crippen LogP contribution in [0.1, 0.15) is 11.6 Å². The molecular formula is C16H9Cl6N3O2. The fraction of sp³-hybridized carbons (Fsp3) is 0.188. The van der Waals surface area contributed by atoms with Crippen LogP contribution in [0.4, 0.5) is 0 Å². The predicted octanol–water partition coefficient (Wildman–Crippen LogP) is 6.06. The lowest BCUT2D eigenvalue weighted by molar-refractivity contribution is 0.419. The summed E-state index contributed by atoms with van der Waals surface area (Å²) in [6, 6.07) is 8.13. The molecule has 1 aromatic heterocycles. The van der Waals surface area contributed by atoms with Crippen molar-refractivity contribution in [3.05, 3.63) is 42.0 Å². The zero-order chi connectivity index (χ0) is 20.0. The van der Waals surface area contributed by atoms with Gasteiger partial charge in [0.25, 0.3) is 0 Å². The molecule has 0 fully saturated rings. The Labute approximate surface area is 184 Å². The molecule has 0 aliphatic rings. The topological polar surface area (TPSA) is 68.1 Å². The van der Waals surface area contributed by atoms with E-state index in [1.807, 2.05) is 0 Å². The van der Waals surface area contributed by atoms with Gasteiger partial charge in [0.2, 0.25) is 7.59 Å². The lowest BCUT2D eigenvalue weighted by Gasteiger charge is -2.16. The fourth-order valence-corrected chi connectivity index (χ4v) is 2.94. The van der Waals surface area contributed by atoms with Crippen LogP contribution in [0.2, 0.25) is 0 Å². The van der Waals surface area contributed by atoms with Crippen LogP contribution in [0, 0.1) is 0 Å². The Kier molecular flexibility index (Phi) is 5.75. The summed E-state index contributed by atoms with van der Waals surface area (Å²) in [5.41, 5.74) is 0.541. The second-order valence-electron chi connectivity index (χ2n) is 5.35. The molecule has 0 aliphatic carbocycles. The van der Waals surface area contributed by atoms with Gasteiger partial charge in [0.1, 0.15) is 11.5 Å². The average molecular weight is 488 g/mol. The van der Waals surface area contributed by atoms with Gasteiger partial charge in [-0.25, -0.2) is 15.0 Å². The maximum absolute atomic E-state index is 9.81. The number of ether oxygens (including phenoxy) is 1. The van der Waals surface area contributed by atoms with Crippen molar-refractivity contribution in [1.82, 2.24) is 15.0 Å². The minimum absolute atomic E-state index is 0.0672. The van der Waals surface area contributed by atoms with Gasteiger partial charge in [0.15, 0.2) is 17.5 Å². The minimum Gasteiger partial charge on any atom is -0.508 e. The van der Waals surface area contributed by atoms with Gasteiger partial charge in [-0.3, -0.25) is 0 Å². The van der Waals surface area contributed by atoms with Crippen molar-refractivity contribution >= 4 is 80.4 Å². The Hall–Kier alpha value is -0.950. The van der Waals surface area contributed by atoms with Gasteiger partial charge in [-0.1, -0.05) is 69.6 Å². The standard InChI is InChI=1S/C16H9Cl6N3O2/c1-27-11-5-4-9(8-3-2-7(26)6-10(8)11)12-23-13(15(17,18)19)25-14(24-12)16(20,21)22/h2-6,26H,1H3. The Balaban J connectivity index is 2.34. The summed E-state index contributed by atoms with van der Waals surface area (Å²) in [7, 11) is 1.52. The molecule has 0 radical (unpaired) electrons. The maximum Gasteiger partial charge on any atom is 0.250 e. The Morgan fingerprint density at radius 2 is 1.41 bits per heavy atom. The highest BCUT2D eigenvalue weighted by atomic mass is 35.6. The number of benzene rings is 2. The van der Waals surface area contributed by atoms with Crippen LogP contribution in [0.15, 0.2) is 30.3 Å². The first-order valence-corrected chi connectivity index (χ1v) is 9.48. The van der Waals surface area contributed by atoms with E-state index in [4.69, 9.17) is 74.3 Å². The number of fused-ring (bicyclic) bond motifs is 1. The van der Waals surface area contributed by atoms with Gasteiger partial charge in [-0.05, 0) is 35.7 Å². The second-order valence-corrected chi connectivity index (χ2v) is 9.91. The number of nitrogens with zero attached hydrogens (tertiary/aromatic N) is 3. The summed E-state index contributed by atoms with van der Waals surface area (Å²) in [6.45, 7) is 0. The molecule has 5 nitrogen and oxygen atoms in total. The molecule has 2 aromatic carbocycles. The highest BCUT2D eigenvalue weighted by molar-refractivity contribution is 6.67. The first kappa shape index (κ1) is 20.8. The first-order valence-electron chi connectivity index (χ1n) is 7.21. The van der Waals surface area contributed by atoms with Crippen LogP contribution >= 0.6 is 69.6 Å². The van der Waals surface area contributed by atoms with Crippen molar-refractivity contribution in [3.8, 4) is 22.9 Å². The van der Waals surface area contributed by atoms with Crippen molar-refractivity contribution in [2.75, 3.05) is 7.11 Å². The third-order valence-electron chi connectivity index (χ3n) is 3.56. The number of hydrogen-bond acceptors (Lipinski definition) is 5. The van der Waals surface area contributed by atoms with Crippen LogP contribution in [0.5, 0.6) is 11.5 Å². The summed E-state index contributed by atoms with van der Waals surface area (Å²) in [5, 5.41) is 11.1. The summed E-state index contributed by atoms with van der Waals surface area (Å²) in [5.74, 6) is 0.355. The highest BCUT2D eigenvalue weighted by Crippen LogP contribution is 2.42. The Morgan fingerprint density at radius 1 is 0.815 bits per heavy atom. The van der Waals surface area contributed by atoms with Crippen LogP contribution in [-0.4, -0.2) is 27.2 Å². The molecule has 1 N–H and O–H groups in total. The third kappa shape index (κ3) is 4.39. The SMILES string of the molecule is COc1ccc(-c2nc(C(Cl)(Cl)Cl)nc(C(Cl)(Cl)Cl)n2)c2ccc(O)cc12. The van der Waals surface area contributed by atoms with Crippen molar-refractivity contribution in [1.29, 1.82) is 0 Å². The van der Waals surface area contributed by atoms with E-state index in [0.717, 1.165) is 0 Å². The molecule has 0 aliphatic heterocycles. The van der Waals surface area contributed by atoms with Crippen LogP contribution in [0.3, 0.4) is 0 Å². The van der Waals surface area contributed by atoms with E-state index >= 15 is 0 Å². The van der Waals surface area contributed by atoms with E-state index in [0.29, 0.717) is 22.1 Å². The van der Waals surface area contributed by atoms with Gasteiger partial charge in [-0.2, -0.15) is 0 Å². The number of rotatable bonds is 2. The number of aromatic nitrogens is 3. The van der Waals surface area contributed by atoms with Gasteiger partial charge >= 0.3 is 0 Å². The average Bonchev–Trinajstić information content (AvgIpc) is 2.58. The number of alkyl halides is 6. The largest absolute Gasteiger partial charge is 0.508 e. The van der Waals surface area contributed by atoms with Crippen molar-refractivity contribution < 1.29 is 9.84 Å². The van der Waals surface area contributed by atoms with Crippen molar-refractivity contribution in [2.24, 2.45) is 0 Å². The second kappa shape index (κ2) is 7.47. The number of phenols is 1. The number of phenolic OH excluding ortho intramolecular Hbond substituents is 1. The van der Waals surface area contributed by atoms with E-state index in [1.54, 1.807) is 24.3 Å². The zero-order valence-electron chi connectivity index (χ0n) is 13.4. The normalized spacial score (nSPS) is 12.4. The van der Waals surface area contributed by atoms with Gasteiger partial charge in [-0.15, -0.1) is 0 Å². The molecule has 0 atom stereocenters. The van der Waals surface area contributed by atoms with Gasteiger partial charge in [0, 0.05) is 10.9 Å². The first-order chi connectivity index (χ1) is 12.5. The number of aromatic hydroxyl groups is 1. The van der Waals surface area contributed by atoms with Crippen LogP contribution in [-0.2, 0) is 7.59 Å². The molecule has 1 heterocycles. The predicted molar refractivity (Wildman–Crippen MR) is 109 cm³/mol. The summed E-state index contributed by atoms with van der Waals surface area (Å²) >= 11 is 35.5. The smallest absolute Gasteiger partial charge is 0.250 e.